The molecule has 0 bridgehead atoms. The highest BCUT2D eigenvalue weighted by atomic mass is 32.2. The summed E-state index contributed by atoms with van der Waals surface area (Å²) in [7, 11) is -2.88. The highest BCUT2D eigenvalue weighted by Crippen LogP contribution is 2.19. The molecule has 0 saturated carbocycles. The molecule has 1 aromatic heterocycles. The van der Waals surface area contributed by atoms with Crippen LogP contribution in [0.2, 0.25) is 0 Å². The summed E-state index contributed by atoms with van der Waals surface area (Å²) in [5.41, 5.74) is 0.997. The van der Waals surface area contributed by atoms with Crippen molar-refractivity contribution in [1.82, 2.24) is 10.3 Å². The van der Waals surface area contributed by atoms with Gasteiger partial charge < -0.3 is 10.2 Å². The van der Waals surface area contributed by atoms with Gasteiger partial charge in [0.05, 0.1) is 17.2 Å². The molecule has 0 aromatic carbocycles. The zero-order chi connectivity index (χ0) is 14.6. The fourth-order valence-corrected chi connectivity index (χ4v) is 4.01. The molecule has 1 saturated heterocycles. The summed E-state index contributed by atoms with van der Waals surface area (Å²) in [6.07, 6.45) is 1.10. The first-order chi connectivity index (χ1) is 9.52. The lowest BCUT2D eigenvalue weighted by atomic mass is 10.2. The molecule has 0 radical (unpaired) electrons. The van der Waals surface area contributed by atoms with Crippen LogP contribution in [0.1, 0.15) is 26.0 Å². The van der Waals surface area contributed by atoms with Crippen LogP contribution >= 0.6 is 0 Å². The van der Waals surface area contributed by atoms with Crippen molar-refractivity contribution in [1.29, 1.82) is 0 Å². The monoisotopic (exact) mass is 297 g/mol. The molecule has 6 heteroatoms. The number of sulfone groups is 1. The van der Waals surface area contributed by atoms with Gasteiger partial charge in [-0.1, -0.05) is 13.0 Å². The maximum Gasteiger partial charge on any atom is 0.154 e. The van der Waals surface area contributed by atoms with Crippen LogP contribution in [0.3, 0.4) is 0 Å². The Balaban J connectivity index is 2.07. The molecule has 2 rings (SSSR count). The lowest BCUT2D eigenvalue weighted by Gasteiger charge is -2.34. The van der Waals surface area contributed by atoms with E-state index in [0.717, 1.165) is 31.0 Å². The molecule has 5 nitrogen and oxygen atoms in total. The van der Waals surface area contributed by atoms with Gasteiger partial charge in [0.25, 0.3) is 0 Å². The van der Waals surface area contributed by atoms with E-state index >= 15 is 0 Å². The van der Waals surface area contributed by atoms with Crippen LogP contribution in [0, 0.1) is 0 Å². The van der Waals surface area contributed by atoms with Gasteiger partial charge in [-0.05, 0) is 32.0 Å². The lowest BCUT2D eigenvalue weighted by molar-refractivity contribution is 0.566. The highest BCUT2D eigenvalue weighted by molar-refractivity contribution is 7.91. The van der Waals surface area contributed by atoms with Gasteiger partial charge in [-0.15, -0.1) is 0 Å². The van der Waals surface area contributed by atoms with Gasteiger partial charge in [0.2, 0.25) is 0 Å². The second kappa shape index (κ2) is 6.54. The van der Waals surface area contributed by atoms with Crippen LogP contribution in [0.5, 0.6) is 0 Å². The van der Waals surface area contributed by atoms with Crippen molar-refractivity contribution >= 4 is 15.7 Å². The topological polar surface area (TPSA) is 62.3 Å². The van der Waals surface area contributed by atoms with Crippen molar-refractivity contribution < 1.29 is 8.42 Å². The molecule has 0 amide bonds. The summed E-state index contributed by atoms with van der Waals surface area (Å²) in [4.78, 5) is 6.72. The van der Waals surface area contributed by atoms with Gasteiger partial charge in [0, 0.05) is 19.1 Å². The van der Waals surface area contributed by atoms with Gasteiger partial charge in [-0.2, -0.15) is 0 Å². The standard InChI is InChI=1S/C14H23N3O2S/c1-3-7-15-10-13-5-4-6-14(16-13)17-8-9-20(18,19)11-12(17)2/h4-6,12,15H,3,7-11H2,1-2H3. The Morgan fingerprint density at radius 1 is 1.45 bits per heavy atom. The number of nitrogens with zero attached hydrogens (tertiary/aromatic N) is 2. The molecule has 1 fully saturated rings. The largest absolute Gasteiger partial charge is 0.352 e. The number of anilines is 1. The molecule has 0 aliphatic carbocycles. The molecule has 1 aromatic rings. The number of pyridine rings is 1. The number of nitrogens with one attached hydrogen (secondary N) is 1. The molecular weight excluding hydrogens is 274 g/mol. The molecule has 1 N–H and O–H groups in total. The second-order valence-corrected chi connectivity index (χ2v) is 7.55. The number of aromatic nitrogens is 1. The Bertz CT molecular complexity index is 545. The zero-order valence-corrected chi connectivity index (χ0v) is 13.0. The van der Waals surface area contributed by atoms with E-state index < -0.39 is 9.84 Å². The summed E-state index contributed by atoms with van der Waals surface area (Å²) >= 11 is 0. The van der Waals surface area contributed by atoms with Crippen molar-refractivity contribution in [2.24, 2.45) is 0 Å². The Morgan fingerprint density at radius 3 is 2.95 bits per heavy atom. The van der Waals surface area contributed by atoms with Crippen molar-refractivity contribution in [2.45, 2.75) is 32.9 Å². The predicted molar refractivity (Wildman–Crippen MR) is 81.7 cm³/mol. The quantitative estimate of drug-likeness (QED) is 0.828. The Morgan fingerprint density at radius 2 is 2.25 bits per heavy atom. The zero-order valence-electron chi connectivity index (χ0n) is 12.2. The number of hydrogen-bond donors (Lipinski definition) is 1. The molecule has 0 spiro atoms. The Hall–Kier alpha value is -1.14. The van der Waals surface area contributed by atoms with Gasteiger partial charge in [0.15, 0.2) is 9.84 Å². The maximum atomic E-state index is 11.6. The van der Waals surface area contributed by atoms with E-state index in [4.69, 9.17) is 0 Å². The highest BCUT2D eigenvalue weighted by Gasteiger charge is 2.28. The second-order valence-electron chi connectivity index (χ2n) is 5.32. The third-order valence-electron chi connectivity index (χ3n) is 3.49. The van der Waals surface area contributed by atoms with Gasteiger partial charge in [-0.3, -0.25) is 0 Å². The van der Waals surface area contributed by atoms with Crippen LogP contribution < -0.4 is 10.2 Å². The molecule has 1 unspecified atom stereocenters. The van der Waals surface area contributed by atoms with E-state index in [0.29, 0.717) is 6.54 Å². The van der Waals surface area contributed by atoms with Crippen LogP contribution in [0.4, 0.5) is 5.82 Å². The first-order valence-electron chi connectivity index (χ1n) is 7.15. The van der Waals surface area contributed by atoms with E-state index in [1.54, 1.807) is 0 Å². The molecule has 20 heavy (non-hydrogen) atoms. The van der Waals surface area contributed by atoms with E-state index in [9.17, 15) is 8.42 Å². The maximum absolute atomic E-state index is 11.6. The van der Waals surface area contributed by atoms with Crippen molar-refractivity contribution in [3.63, 3.8) is 0 Å². The summed E-state index contributed by atoms with van der Waals surface area (Å²) < 4.78 is 23.2. The Labute approximate surface area is 121 Å². The van der Waals surface area contributed by atoms with E-state index in [2.05, 4.69) is 22.1 Å². The summed E-state index contributed by atoms with van der Waals surface area (Å²) in [6.45, 7) is 6.34. The molecule has 112 valence electrons. The third-order valence-corrected chi connectivity index (χ3v) is 5.28. The average Bonchev–Trinajstić information content (AvgIpc) is 2.38. The molecular formula is C14H23N3O2S. The minimum atomic E-state index is -2.88. The average molecular weight is 297 g/mol. The van der Waals surface area contributed by atoms with Crippen LogP contribution in [-0.4, -0.2) is 44.0 Å². The van der Waals surface area contributed by atoms with E-state index in [-0.39, 0.29) is 17.5 Å². The van der Waals surface area contributed by atoms with E-state index in [1.807, 2.05) is 25.1 Å². The smallest absolute Gasteiger partial charge is 0.154 e. The molecule has 1 aliphatic rings. The third kappa shape index (κ3) is 3.93. The van der Waals surface area contributed by atoms with Crippen molar-refractivity contribution in [2.75, 3.05) is 29.5 Å². The predicted octanol–water partition coefficient (Wildman–Crippen LogP) is 1.20. The SMILES string of the molecule is CCCNCc1cccc(N2CCS(=O)(=O)CC2C)n1. The first kappa shape index (κ1) is 15.3. The fraction of sp³-hybridized carbons (Fsp3) is 0.643. The minimum Gasteiger partial charge on any atom is -0.352 e. The molecule has 1 atom stereocenters. The molecule has 1 aliphatic heterocycles. The first-order valence-corrected chi connectivity index (χ1v) is 8.97. The fourth-order valence-electron chi connectivity index (χ4n) is 2.46. The van der Waals surface area contributed by atoms with Crippen LogP contribution in [-0.2, 0) is 16.4 Å². The number of rotatable bonds is 5. The Kier molecular flexibility index (Phi) is 4.99. The van der Waals surface area contributed by atoms with Crippen LogP contribution in [0.25, 0.3) is 0 Å². The summed E-state index contributed by atoms with van der Waals surface area (Å²) in [5.74, 6) is 1.31. The van der Waals surface area contributed by atoms with Crippen molar-refractivity contribution in [3.8, 4) is 0 Å². The van der Waals surface area contributed by atoms with Gasteiger partial charge in [0.1, 0.15) is 5.82 Å². The van der Waals surface area contributed by atoms with E-state index in [1.165, 1.54) is 0 Å². The summed E-state index contributed by atoms with van der Waals surface area (Å²) in [5, 5.41) is 3.33. The minimum absolute atomic E-state index is 0.0138. The van der Waals surface area contributed by atoms with Crippen LogP contribution in [0.15, 0.2) is 18.2 Å². The van der Waals surface area contributed by atoms with Gasteiger partial charge in [-0.25, -0.2) is 13.4 Å². The molecule has 2 heterocycles. The lowest BCUT2D eigenvalue weighted by Crippen LogP contribution is -2.47. The normalized spacial score (nSPS) is 21.9. The van der Waals surface area contributed by atoms with Gasteiger partial charge >= 0.3 is 0 Å². The van der Waals surface area contributed by atoms with Crippen molar-refractivity contribution in [3.05, 3.63) is 23.9 Å². The number of hydrogen-bond acceptors (Lipinski definition) is 5. The summed E-state index contributed by atoms with van der Waals surface area (Å²) in [6, 6.07) is 5.93.